The number of hydrogen-bond acceptors (Lipinski definition) is 3. The molecule has 0 radical (unpaired) electrons. The number of rotatable bonds is 6. The third-order valence-corrected chi connectivity index (χ3v) is 5.69. The molecule has 0 saturated heterocycles. The minimum absolute atomic E-state index is 0.132. The van der Waals surface area contributed by atoms with Gasteiger partial charge in [0.25, 0.3) is 0 Å². The molecular formula is C14H23NO2S. The lowest BCUT2D eigenvalue weighted by molar-refractivity contribution is 0.537. The van der Waals surface area contributed by atoms with E-state index in [1.165, 1.54) is 0 Å². The fraction of sp³-hybridized carbons (Fsp3) is 0.571. The zero-order valence-corrected chi connectivity index (χ0v) is 12.2. The molecule has 0 spiro atoms. The highest BCUT2D eigenvalue weighted by Gasteiger charge is 2.31. The lowest BCUT2D eigenvalue weighted by Gasteiger charge is -2.24. The van der Waals surface area contributed by atoms with Crippen LogP contribution in [0.5, 0.6) is 0 Å². The van der Waals surface area contributed by atoms with Crippen LogP contribution in [0.4, 0.5) is 0 Å². The molecule has 1 aromatic carbocycles. The van der Waals surface area contributed by atoms with Crippen molar-refractivity contribution in [2.45, 2.75) is 38.5 Å². The van der Waals surface area contributed by atoms with Crippen molar-refractivity contribution in [2.75, 3.05) is 5.75 Å². The van der Waals surface area contributed by atoms with Crippen molar-refractivity contribution < 1.29 is 8.42 Å². The Morgan fingerprint density at radius 2 is 1.72 bits per heavy atom. The predicted octanol–water partition coefficient (Wildman–Crippen LogP) is 2.54. The van der Waals surface area contributed by atoms with Crippen LogP contribution in [0, 0.1) is 5.92 Å². The molecule has 2 atom stereocenters. The second-order valence-corrected chi connectivity index (χ2v) is 7.37. The smallest absolute Gasteiger partial charge is 0.155 e. The van der Waals surface area contributed by atoms with Crippen LogP contribution in [0.25, 0.3) is 0 Å². The van der Waals surface area contributed by atoms with Crippen LogP contribution in [-0.2, 0) is 9.84 Å². The van der Waals surface area contributed by atoms with Gasteiger partial charge in [-0.15, -0.1) is 0 Å². The molecule has 3 nitrogen and oxygen atoms in total. The van der Waals surface area contributed by atoms with Crippen molar-refractivity contribution in [2.24, 2.45) is 11.7 Å². The van der Waals surface area contributed by atoms with Crippen LogP contribution in [0.3, 0.4) is 0 Å². The lowest BCUT2D eigenvalue weighted by Crippen LogP contribution is -2.35. The first-order valence-corrected chi connectivity index (χ1v) is 8.12. The molecule has 0 aliphatic rings. The van der Waals surface area contributed by atoms with Gasteiger partial charge in [0.15, 0.2) is 9.84 Å². The van der Waals surface area contributed by atoms with E-state index in [-0.39, 0.29) is 11.7 Å². The Balaban J connectivity index is 2.97. The second-order valence-electron chi connectivity index (χ2n) is 5.11. The van der Waals surface area contributed by atoms with Crippen molar-refractivity contribution in [1.82, 2.24) is 0 Å². The predicted molar refractivity (Wildman–Crippen MR) is 76.1 cm³/mol. The zero-order valence-electron chi connectivity index (χ0n) is 11.3. The Hall–Kier alpha value is -0.870. The topological polar surface area (TPSA) is 60.2 Å². The van der Waals surface area contributed by atoms with Crippen LogP contribution in [0.2, 0.25) is 0 Å². The lowest BCUT2D eigenvalue weighted by atomic mass is 10.0. The molecule has 2 unspecified atom stereocenters. The van der Waals surface area contributed by atoms with E-state index in [0.717, 1.165) is 5.56 Å². The molecule has 0 aromatic heterocycles. The standard InChI is InChI=1S/C14H23NO2S/c1-4-13(18(16,17)10-11(2)3)14(15)12-8-6-5-7-9-12/h5-9,11,13-14H,4,10,15H2,1-3H3. The average molecular weight is 269 g/mol. The first-order chi connectivity index (χ1) is 8.38. The molecule has 18 heavy (non-hydrogen) atoms. The van der Waals surface area contributed by atoms with E-state index < -0.39 is 21.1 Å². The van der Waals surface area contributed by atoms with Gasteiger partial charge in [0.05, 0.1) is 11.0 Å². The van der Waals surface area contributed by atoms with Crippen molar-refractivity contribution >= 4 is 9.84 Å². The Bertz CT molecular complexity index is 454. The Labute approximate surface area is 110 Å². The summed E-state index contributed by atoms with van der Waals surface area (Å²) in [4.78, 5) is 0. The SMILES string of the molecule is CCC(C(N)c1ccccc1)S(=O)(=O)CC(C)C. The van der Waals surface area contributed by atoms with Gasteiger partial charge in [-0.3, -0.25) is 0 Å². The fourth-order valence-electron chi connectivity index (χ4n) is 2.21. The number of sulfone groups is 1. The van der Waals surface area contributed by atoms with Gasteiger partial charge in [0.2, 0.25) is 0 Å². The molecule has 4 heteroatoms. The summed E-state index contributed by atoms with van der Waals surface area (Å²) in [5.41, 5.74) is 7.02. The average Bonchev–Trinajstić information content (AvgIpc) is 2.28. The summed E-state index contributed by atoms with van der Waals surface area (Å²) < 4.78 is 24.6. The maximum absolute atomic E-state index is 12.3. The second kappa shape index (κ2) is 6.34. The molecule has 0 fully saturated rings. The van der Waals surface area contributed by atoms with E-state index in [1.54, 1.807) is 0 Å². The minimum Gasteiger partial charge on any atom is -0.323 e. The minimum atomic E-state index is -3.14. The van der Waals surface area contributed by atoms with E-state index in [0.29, 0.717) is 6.42 Å². The van der Waals surface area contributed by atoms with Crippen molar-refractivity contribution in [3.8, 4) is 0 Å². The molecule has 0 aliphatic heterocycles. The summed E-state index contributed by atoms with van der Waals surface area (Å²) >= 11 is 0. The molecule has 0 aliphatic carbocycles. The normalized spacial score (nSPS) is 15.6. The number of hydrogen-bond donors (Lipinski definition) is 1. The Kier molecular flexibility index (Phi) is 5.35. The van der Waals surface area contributed by atoms with Gasteiger partial charge in [0, 0.05) is 6.04 Å². The number of benzene rings is 1. The Morgan fingerprint density at radius 3 is 2.17 bits per heavy atom. The molecule has 2 N–H and O–H groups in total. The van der Waals surface area contributed by atoms with E-state index >= 15 is 0 Å². The summed E-state index contributed by atoms with van der Waals surface area (Å²) in [5.74, 6) is 0.332. The van der Waals surface area contributed by atoms with Crippen molar-refractivity contribution in [3.63, 3.8) is 0 Å². The fourth-order valence-corrected chi connectivity index (χ4v) is 4.50. The molecule has 102 valence electrons. The zero-order chi connectivity index (χ0) is 13.8. The van der Waals surface area contributed by atoms with Crippen LogP contribution < -0.4 is 5.73 Å². The van der Waals surface area contributed by atoms with Gasteiger partial charge in [-0.1, -0.05) is 51.1 Å². The molecule has 0 bridgehead atoms. The summed E-state index contributed by atoms with van der Waals surface area (Å²) in [6, 6.07) is 9.00. The number of nitrogens with two attached hydrogens (primary N) is 1. The van der Waals surface area contributed by atoms with Crippen LogP contribution in [0.15, 0.2) is 30.3 Å². The molecule has 1 aromatic rings. The molecule has 0 saturated carbocycles. The molecule has 1 rings (SSSR count). The van der Waals surface area contributed by atoms with Crippen LogP contribution >= 0.6 is 0 Å². The molecule has 0 heterocycles. The quantitative estimate of drug-likeness (QED) is 0.863. The maximum Gasteiger partial charge on any atom is 0.155 e. The van der Waals surface area contributed by atoms with Crippen LogP contribution in [0.1, 0.15) is 38.8 Å². The van der Waals surface area contributed by atoms with E-state index in [9.17, 15) is 8.42 Å². The van der Waals surface area contributed by atoms with Gasteiger partial charge < -0.3 is 5.73 Å². The van der Waals surface area contributed by atoms with Crippen LogP contribution in [-0.4, -0.2) is 19.4 Å². The first kappa shape index (κ1) is 15.2. The van der Waals surface area contributed by atoms with Gasteiger partial charge in [-0.2, -0.15) is 0 Å². The van der Waals surface area contributed by atoms with Crippen molar-refractivity contribution in [1.29, 1.82) is 0 Å². The summed E-state index contributed by atoms with van der Waals surface area (Å²) in [5, 5.41) is -0.498. The Morgan fingerprint density at radius 1 is 1.17 bits per heavy atom. The summed E-state index contributed by atoms with van der Waals surface area (Å²) in [6.45, 7) is 5.71. The summed E-state index contributed by atoms with van der Waals surface area (Å²) in [7, 11) is -3.14. The highest BCUT2D eigenvalue weighted by atomic mass is 32.2. The molecule has 0 amide bonds. The monoisotopic (exact) mass is 269 g/mol. The third kappa shape index (κ3) is 3.82. The largest absolute Gasteiger partial charge is 0.323 e. The van der Waals surface area contributed by atoms with Gasteiger partial charge >= 0.3 is 0 Å². The summed E-state index contributed by atoms with van der Waals surface area (Å²) in [6.07, 6.45) is 0.547. The van der Waals surface area contributed by atoms with Gasteiger partial charge in [-0.25, -0.2) is 8.42 Å². The van der Waals surface area contributed by atoms with Crippen molar-refractivity contribution in [3.05, 3.63) is 35.9 Å². The highest BCUT2D eigenvalue weighted by molar-refractivity contribution is 7.92. The van der Waals surface area contributed by atoms with Gasteiger partial charge in [-0.05, 0) is 17.9 Å². The molecular weight excluding hydrogens is 246 g/mol. The third-order valence-electron chi connectivity index (χ3n) is 3.01. The van der Waals surface area contributed by atoms with E-state index in [1.807, 2.05) is 51.1 Å². The van der Waals surface area contributed by atoms with Gasteiger partial charge in [0.1, 0.15) is 0 Å². The first-order valence-electron chi connectivity index (χ1n) is 6.40. The maximum atomic E-state index is 12.3. The van der Waals surface area contributed by atoms with E-state index in [2.05, 4.69) is 0 Å². The van der Waals surface area contributed by atoms with E-state index in [4.69, 9.17) is 5.73 Å². The highest BCUT2D eigenvalue weighted by Crippen LogP contribution is 2.24.